The molecule has 0 aromatic heterocycles. The molecular weight excluding hydrogens is 271 g/mol. The van der Waals surface area contributed by atoms with Crippen LogP contribution in [0.4, 0.5) is 10.1 Å². The van der Waals surface area contributed by atoms with E-state index in [1.54, 1.807) is 37.3 Å². The van der Waals surface area contributed by atoms with Crippen molar-refractivity contribution in [1.82, 2.24) is 5.32 Å². The average Bonchev–Trinajstić information content (AvgIpc) is 2.46. The first kappa shape index (κ1) is 14.8. The molecule has 3 N–H and O–H groups in total. The summed E-state index contributed by atoms with van der Waals surface area (Å²) in [6.07, 6.45) is 0. The van der Waals surface area contributed by atoms with Gasteiger partial charge in [0.1, 0.15) is 11.6 Å². The van der Waals surface area contributed by atoms with Gasteiger partial charge in [-0.1, -0.05) is 12.1 Å². The third kappa shape index (κ3) is 3.51. The Morgan fingerprint density at radius 3 is 2.67 bits per heavy atom. The summed E-state index contributed by atoms with van der Waals surface area (Å²) >= 11 is 0. The van der Waals surface area contributed by atoms with Crippen molar-refractivity contribution in [3.05, 3.63) is 59.4 Å². The maximum absolute atomic E-state index is 13.2. The molecule has 1 unspecified atom stereocenters. The molecule has 1 atom stereocenters. The molecule has 2 rings (SSSR count). The van der Waals surface area contributed by atoms with Crippen molar-refractivity contribution in [2.45, 2.75) is 13.0 Å². The summed E-state index contributed by atoms with van der Waals surface area (Å²) < 4.78 is 18.2. The van der Waals surface area contributed by atoms with Crippen LogP contribution in [0.3, 0.4) is 0 Å². The number of nitrogens with two attached hydrogens (primary N) is 1. The summed E-state index contributed by atoms with van der Waals surface area (Å²) in [6.45, 7) is 1.78. The molecule has 0 bridgehead atoms. The van der Waals surface area contributed by atoms with Crippen molar-refractivity contribution in [2.75, 3.05) is 12.8 Å². The Morgan fingerprint density at radius 1 is 1.29 bits per heavy atom. The number of benzene rings is 2. The van der Waals surface area contributed by atoms with Gasteiger partial charge in [-0.25, -0.2) is 4.39 Å². The predicted molar refractivity (Wildman–Crippen MR) is 79.7 cm³/mol. The van der Waals surface area contributed by atoms with Crippen molar-refractivity contribution in [3.63, 3.8) is 0 Å². The van der Waals surface area contributed by atoms with Crippen molar-refractivity contribution >= 4 is 11.6 Å². The molecule has 2 aromatic carbocycles. The molecule has 0 heterocycles. The fourth-order valence-electron chi connectivity index (χ4n) is 2.01. The number of carbonyl (C=O) groups is 1. The molecule has 0 aliphatic heterocycles. The normalized spacial score (nSPS) is 11.8. The van der Waals surface area contributed by atoms with Gasteiger partial charge in [0.25, 0.3) is 5.91 Å². The molecule has 21 heavy (non-hydrogen) atoms. The summed E-state index contributed by atoms with van der Waals surface area (Å²) in [4.78, 5) is 12.2. The Labute approximate surface area is 122 Å². The Balaban J connectivity index is 2.14. The van der Waals surface area contributed by atoms with E-state index in [9.17, 15) is 9.18 Å². The monoisotopic (exact) mass is 288 g/mol. The van der Waals surface area contributed by atoms with Crippen molar-refractivity contribution in [1.29, 1.82) is 0 Å². The Hall–Kier alpha value is -2.56. The van der Waals surface area contributed by atoms with Crippen LogP contribution in [0.5, 0.6) is 5.75 Å². The smallest absolute Gasteiger partial charge is 0.253 e. The molecule has 0 radical (unpaired) electrons. The number of anilines is 1. The van der Waals surface area contributed by atoms with Gasteiger partial charge in [0.15, 0.2) is 0 Å². The van der Waals surface area contributed by atoms with Crippen LogP contribution in [0.2, 0.25) is 0 Å². The van der Waals surface area contributed by atoms with Crippen LogP contribution in [0.15, 0.2) is 42.5 Å². The number of rotatable bonds is 4. The Morgan fingerprint density at radius 2 is 2.05 bits per heavy atom. The van der Waals surface area contributed by atoms with E-state index in [0.717, 1.165) is 0 Å². The van der Waals surface area contributed by atoms with Gasteiger partial charge in [-0.2, -0.15) is 0 Å². The minimum Gasteiger partial charge on any atom is -0.497 e. The lowest BCUT2D eigenvalue weighted by Gasteiger charge is -2.15. The van der Waals surface area contributed by atoms with E-state index in [0.29, 0.717) is 22.6 Å². The number of hydrogen-bond donors (Lipinski definition) is 2. The van der Waals surface area contributed by atoms with Gasteiger partial charge in [0.05, 0.1) is 18.7 Å². The SMILES string of the molecule is COc1ccc(C(=O)NC(C)c2cccc(F)c2)c(N)c1. The van der Waals surface area contributed by atoms with Gasteiger partial charge >= 0.3 is 0 Å². The van der Waals surface area contributed by atoms with Crippen LogP contribution in [-0.2, 0) is 0 Å². The molecule has 110 valence electrons. The van der Waals surface area contributed by atoms with Crippen LogP contribution in [0.1, 0.15) is 28.9 Å². The van der Waals surface area contributed by atoms with Crippen LogP contribution in [0, 0.1) is 5.82 Å². The molecule has 5 heteroatoms. The van der Waals surface area contributed by atoms with Gasteiger partial charge in [0, 0.05) is 11.8 Å². The predicted octanol–water partition coefficient (Wildman–Crippen LogP) is 2.91. The number of amides is 1. The minimum atomic E-state index is -0.336. The number of carbonyl (C=O) groups excluding carboxylic acids is 1. The first-order valence-electron chi connectivity index (χ1n) is 6.51. The van der Waals surface area contributed by atoms with E-state index < -0.39 is 0 Å². The largest absolute Gasteiger partial charge is 0.497 e. The summed E-state index contributed by atoms with van der Waals surface area (Å²) in [5.74, 6) is -0.0632. The minimum absolute atomic E-state index is 0.313. The second-order valence-corrected chi connectivity index (χ2v) is 4.70. The molecule has 2 aromatic rings. The number of methoxy groups -OCH3 is 1. The molecule has 0 spiro atoms. The van der Waals surface area contributed by atoms with Crippen LogP contribution in [-0.4, -0.2) is 13.0 Å². The van der Waals surface area contributed by atoms with Crippen molar-refractivity contribution < 1.29 is 13.9 Å². The first-order valence-corrected chi connectivity index (χ1v) is 6.51. The van der Waals surface area contributed by atoms with Crippen molar-refractivity contribution in [2.24, 2.45) is 0 Å². The zero-order valence-electron chi connectivity index (χ0n) is 11.9. The fourth-order valence-corrected chi connectivity index (χ4v) is 2.01. The molecular formula is C16H17FN2O2. The Bertz CT molecular complexity index is 658. The average molecular weight is 288 g/mol. The van der Waals surface area contributed by atoms with Crippen LogP contribution < -0.4 is 15.8 Å². The highest BCUT2D eigenvalue weighted by atomic mass is 19.1. The highest BCUT2D eigenvalue weighted by Gasteiger charge is 2.14. The van der Waals surface area contributed by atoms with E-state index in [-0.39, 0.29) is 17.8 Å². The standard InChI is InChI=1S/C16H17FN2O2/c1-10(11-4-3-5-12(17)8-11)19-16(20)14-7-6-13(21-2)9-15(14)18/h3-10H,18H2,1-2H3,(H,19,20). The highest BCUT2D eigenvalue weighted by molar-refractivity contribution is 5.99. The van der Waals surface area contributed by atoms with Gasteiger partial charge in [-0.15, -0.1) is 0 Å². The fraction of sp³-hybridized carbons (Fsp3) is 0.188. The molecule has 0 aliphatic rings. The molecule has 4 nitrogen and oxygen atoms in total. The highest BCUT2D eigenvalue weighted by Crippen LogP contribution is 2.21. The number of nitrogen functional groups attached to an aromatic ring is 1. The van der Waals surface area contributed by atoms with Gasteiger partial charge in [0.2, 0.25) is 0 Å². The van der Waals surface area contributed by atoms with E-state index in [4.69, 9.17) is 10.5 Å². The molecule has 0 saturated heterocycles. The maximum atomic E-state index is 13.2. The van der Waals surface area contributed by atoms with Gasteiger partial charge < -0.3 is 15.8 Å². The second kappa shape index (κ2) is 6.26. The lowest BCUT2D eigenvalue weighted by atomic mass is 10.1. The van der Waals surface area contributed by atoms with Gasteiger partial charge in [-0.3, -0.25) is 4.79 Å². The number of hydrogen-bond acceptors (Lipinski definition) is 3. The van der Waals surface area contributed by atoms with Crippen LogP contribution >= 0.6 is 0 Å². The van der Waals surface area contributed by atoms with E-state index >= 15 is 0 Å². The lowest BCUT2D eigenvalue weighted by molar-refractivity contribution is 0.0940. The first-order chi connectivity index (χ1) is 10.0. The van der Waals surface area contributed by atoms with E-state index in [2.05, 4.69) is 5.32 Å². The molecule has 1 amide bonds. The second-order valence-electron chi connectivity index (χ2n) is 4.70. The third-order valence-electron chi connectivity index (χ3n) is 3.20. The van der Waals surface area contributed by atoms with E-state index in [1.165, 1.54) is 19.2 Å². The summed E-state index contributed by atoms with van der Waals surface area (Å²) in [7, 11) is 1.53. The zero-order valence-corrected chi connectivity index (χ0v) is 11.9. The number of halogens is 1. The summed E-state index contributed by atoms with van der Waals surface area (Å²) in [5, 5.41) is 2.79. The van der Waals surface area contributed by atoms with Gasteiger partial charge in [-0.05, 0) is 36.8 Å². The Kier molecular flexibility index (Phi) is 4.42. The molecule has 0 aliphatic carbocycles. The number of ether oxygens (including phenoxy) is 1. The quantitative estimate of drug-likeness (QED) is 0.850. The summed E-state index contributed by atoms with van der Waals surface area (Å²) in [5.41, 5.74) is 7.22. The molecule has 0 saturated carbocycles. The molecule has 0 fully saturated rings. The van der Waals surface area contributed by atoms with Crippen molar-refractivity contribution in [3.8, 4) is 5.75 Å². The third-order valence-corrected chi connectivity index (χ3v) is 3.20. The lowest BCUT2D eigenvalue weighted by Crippen LogP contribution is -2.27. The van der Waals surface area contributed by atoms with E-state index in [1.807, 2.05) is 0 Å². The number of nitrogens with one attached hydrogen (secondary N) is 1. The van der Waals surface area contributed by atoms with Crippen LogP contribution in [0.25, 0.3) is 0 Å². The zero-order chi connectivity index (χ0) is 15.4. The topological polar surface area (TPSA) is 64.3 Å². The maximum Gasteiger partial charge on any atom is 0.253 e. The summed E-state index contributed by atoms with van der Waals surface area (Å²) in [6, 6.07) is 10.6.